The van der Waals surface area contributed by atoms with Gasteiger partial charge >= 0.3 is 0 Å². The van der Waals surface area contributed by atoms with Gasteiger partial charge in [0.2, 0.25) is 11.0 Å². The van der Waals surface area contributed by atoms with Crippen molar-refractivity contribution >= 4 is 29.1 Å². The first-order chi connectivity index (χ1) is 8.78. The molecule has 1 amide bonds. The number of amides is 1. The largest absolute Gasteiger partial charge is 0.386 e. The molecule has 0 saturated heterocycles. The molecule has 5 heteroatoms. The van der Waals surface area contributed by atoms with Crippen LogP contribution in [0.3, 0.4) is 0 Å². The average molecular weight is 283 g/mol. The van der Waals surface area contributed by atoms with E-state index in [0.717, 1.165) is 25.7 Å². The number of carbonyl (C=O) groups excluding carboxylic acids is 1. The van der Waals surface area contributed by atoms with Gasteiger partial charge in [0.05, 0.1) is 0 Å². The van der Waals surface area contributed by atoms with Crippen molar-refractivity contribution in [1.29, 1.82) is 0 Å². The van der Waals surface area contributed by atoms with Crippen LogP contribution >= 0.6 is 12.2 Å². The lowest BCUT2D eigenvalue weighted by molar-refractivity contribution is -0.127. The van der Waals surface area contributed by atoms with Gasteiger partial charge in [0, 0.05) is 0 Å². The molecule has 108 valence electrons. The van der Waals surface area contributed by atoms with E-state index in [1.807, 2.05) is 0 Å². The topological polar surface area (TPSA) is 67.5 Å². The van der Waals surface area contributed by atoms with E-state index in [9.17, 15) is 4.79 Å². The smallest absolute Gasteiger partial charge is 0.239 e. The maximum atomic E-state index is 12.4. The van der Waals surface area contributed by atoms with Crippen LogP contribution in [0.2, 0.25) is 0 Å². The van der Waals surface area contributed by atoms with E-state index in [0.29, 0.717) is 17.7 Å². The molecule has 0 saturated carbocycles. The van der Waals surface area contributed by atoms with E-state index in [2.05, 4.69) is 38.0 Å². The van der Waals surface area contributed by atoms with Crippen LogP contribution in [-0.4, -0.2) is 16.9 Å². The Labute approximate surface area is 121 Å². The second-order valence-corrected chi connectivity index (χ2v) is 6.59. The van der Waals surface area contributed by atoms with Crippen molar-refractivity contribution in [3.05, 3.63) is 0 Å². The lowest BCUT2D eigenvalue weighted by atomic mass is 9.74. The maximum absolute atomic E-state index is 12.4. The summed E-state index contributed by atoms with van der Waals surface area (Å²) in [5, 5.41) is 2.86. The summed E-state index contributed by atoms with van der Waals surface area (Å²) < 4.78 is 0. The molecule has 0 aliphatic carbocycles. The first-order valence-corrected chi connectivity index (χ1v) is 7.39. The Balaban J connectivity index is 2.99. The predicted molar refractivity (Wildman–Crippen MR) is 82.9 cm³/mol. The fourth-order valence-electron chi connectivity index (χ4n) is 2.26. The number of rotatable bonds is 6. The Kier molecular flexibility index (Phi) is 5.47. The van der Waals surface area contributed by atoms with Gasteiger partial charge < -0.3 is 11.1 Å². The minimum atomic E-state index is -0.670. The molecule has 0 atom stereocenters. The van der Waals surface area contributed by atoms with Crippen LogP contribution in [0.5, 0.6) is 0 Å². The number of carbonyl (C=O) groups is 1. The minimum Gasteiger partial charge on any atom is -0.386 e. The molecule has 0 fully saturated rings. The Morgan fingerprint density at radius 3 is 2.05 bits per heavy atom. The van der Waals surface area contributed by atoms with Crippen molar-refractivity contribution < 1.29 is 4.79 Å². The van der Waals surface area contributed by atoms with Crippen molar-refractivity contribution in [2.24, 2.45) is 28.0 Å². The number of nitrogens with one attached hydrogen (secondary N) is 1. The number of thiocarbonyl (C=S) groups is 1. The van der Waals surface area contributed by atoms with Crippen LogP contribution < -0.4 is 11.1 Å². The second kappa shape index (κ2) is 6.46. The molecule has 0 aromatic rings. The molecule has 0 spiro atoms. The highest BCUT2D eigenvalue weighted by Crippen LogP contribution is 2.35. The highest BCUT2D eigenvalue weighted by Gasteiger charge is 2.44. The highest BCUT2D eigenvalue weighted by atomic mass is 32.1. The van der Waals surface area contributed by atoms with Crippen molar-refractivity contribution in [2.75, 3.05) is 0 Å². The third-order valence-corrected chi connectivity index (χ3v) is 3.86. The number of hydrogen-bond acceptors (Lipinski definition) is 3. The van der Waals surface area contributed by atoms with Crippen molar-refractivity contribution in [2.45, 2.75) is 53.4 Å². The number of hydrogen-bond donors (Lipinski definition) is 2. The first-order valence-electron chi connectivity index (χ1n) is 6.98. The van der Waals surface area contributed by atoms with Gasteiger partial charge in [-0.3, -0.25) is 4.79 Å². The van der Waals surface area contributed by atoms with E-state index >= 15 is 0 Å². The molecule has 19 heavy (non-hydrogen) atoms. The summed E-state index contributed by atoms with van der Waals surface area (Å²) in [6, 6.07) is 0. The molecule has 0 radical (unpaired) electrons. The first kappa shape index (κ1) is 16.1. The molecule has 1 aliphatic heterocycles. The van der Waals surface area contributed by atoms with Crippen molar-refractivity contribution in [1.82, 2.24) is 5.32 Å². The number of nitrogens with two attached hydrogens (primary N) is 1. The molecule has 1 heterocycles. The van der Waals surface area contributed by atoms with Gasteiger partial charge in [0.25, 0.3) is 0 Å². The van der Waals surface area contributed by atoms with Gasteiger partial charge in [-0.25, -0.2) is 4.99 Å². The summed E-state index contributed by atoms with van der Waals surface area (Å²) in [7, 11) is 0. The maximum Gasteiger partial charge on any atom is 0.239 e. The van der Waals surface area contributed by atoms with Crippen LogP contribution in [0.1, 0.15) is 53.4 Å². The fraction of sp³-hybridized carbons (Fsp3) is 0.786. The number of nitrogens with zero attached hydrogens (tertiary/aromatic N) is 1. The molecule has 0 aromatic carbocycles. The predicted octanol–water partition coefficient (Wildman–Crippen LogP) is 2.62. The molecular weight excluding hydrogens is 258 g/mol. The molecule has 0 aromatic heterocycles. The molecule has 3 N–H and O–H groups in total. The lowest BCUT2D eigenvalue weighted by Gasteiger charge is -2.35. The third-order valence-electron chi connectivity index (χ3n) is 3.66. The zero-order valence-electron chi connectivity index (χ0n) is 12.3. The van der Waals surface area contributed by atoms with Crippen LogP contribution in [0.15, 0.2) is 4.99 Å². The van der Waals surface area contributed by atoms with Gasteiger partial charge in [0.1, 0.15) is 11.3 Å². The Morgan fingerprint density at radius 1 is 1.21 bits per heavy atom. The van der Waals surface area contributed by atoms with E-state index in [1.165, 1.54) is 0 Å². The lowest BCUT2D eigenvalue weighted by Crippen LogP contribution is -2.55. The van der Waals surface area contributed by atoms with Crippen molar-refractivity contribution in [3.63, 3.8) is 0 Å². The second-order valence-electron chi connectivity index (χ2n) is 6.20. The molecule has 1 rings (SSSR count). The summed E-state index contributed by atoms with van der Waals surface area (Å²) in [6.45, 7) is 8.59. The zero-order valence-corrected chi connectivity index (χ0v) is 13.1. The number of aliphatic imine (C=N–C) groups is 1. The quantitative estimate of drug-likeness (QED) is 0.736. The molecular formula is C14H25N3OS. The summed E-state index contributed by atoms with van der Waals surface area (Å²) >= 11 is 4.93. The van der Waals surface area contributed by atoms with E-state index in [1.54, 1.807) is 0 Å². The fourth-order valence-corrected chi connectivity index (χ4v) is 2.45. The number of amidine groups is 1. The Bertz CT molecular complexity index is 376. The van der Waals surface area contributed by atoms with Gasteiger partial charge in [-0.05, 0) is 49.7 Å². The normalized spacial score (nSPS) is 18.7. The van der Waals surface area contributed by atoms with Crippen LogP contribution in [-0.2, 0) is 4.79 Å². The molecule has 0 bridgehead atoms. The average Bonchev–Trinajstić information content (AvgIpc) is 2.26. The summed E-state index contributed by atoms with van der Waals surface area (Å²) in [5.41, 5.74) is 5.40. The third kappa shape index (κ3) is 4.00. The SMILES string of the molecule is CC(C)CCC1(CCC(C)C)C(=O)NC(=S)N=C1N. The van der Waals surface area contributed by atoms with E-state index in [4.69, 9.17) is 18.0 Å². The van der Waals surface area contributed by atoms with Crippen LogP contribution in [0.25, 0.3) is 0 Å². The summed E-state index contributed by atoms with van der Waals surface area (Å²) in [4.78, 5) is 16.5. The summed E-state index contributed by atoms with van der Waals surface area (Å²) in [6.07, 6.45) is 3.38. The Morgan fingerprint density at radius 2 is 1.68 bits per heavy atom. The highest BCUT2D eigenvalue weighted by molar-refractivity contribution is 7.80. The van der Waals surface area contributed by atoms with E-state index in [-0.39, 0.29) is 11.0 Å². The Hall–Kier alpha value is -0.970. The van der Waals surface area contributed by atoms with E-state index < -0.39 is 5.41 Å². The minimum absolute atomic E-state index is 0.0775. The molecule has 1 aliphatic rings. The zero-order chi connectivity index (χ0) is 14.6. The van der Waals surface area contributed by atoms with Gasteiger partial charge in [-0.2, -0.15) is 0 Å². The standard InChI is InChI=1S/C14H25N3OS/c1-9(2)5-7-14(8-6-10(3)4)11(15)16-13(19)17-12(14)18/h9-10H,5-8H2,1-4H3,(H3,15,16,17,18,19). The van der Waals surface area contributed by atoms with Crippen LogP contribution in [0.4, 0.5) is 0 Å². The van der Waals surface area contributed by atoms with Gasteiger partial charge in [0.15, 0.2) is 0 Å². The van der Waals surface area contributed by atoms with Crippen LogP contribution in [0, 0.1) is 17.3 Å². The summed E-state index contributed by atoms with van der Waals surface area (Å²) in [5.74, 6) is 1.38. The molecule has 4 nitrogen and oxygen atoms in total. The molecule has 0 unspecified atom stereocenters. The van der Waals surface area contributed by atoms with Gasteiger partial charge in [-0.15, -0.1) is 0 Å². The van der Waals surface area contributed by atoms with Gasteiger partial charge in [-0.1, -0.05) is 27.7 Å². The van der Waals surface area contributed by atoms with Crippen molar-refractivity contribution in [3.8, 4) is 0 Å². The monoisotopic (exact) mass is 283 g/mol.